The summed E-state index contributed by atoms with van der Waals surface area (Å²) in [7, 11) is 0. The minimum Gasteiger partial charge on any atom is -0.369 e. The molecule has 0 aliphatic carbocycles. The molecule has 1 aromatic carbocycles. The van der Waals surface area contributed by atoms with Gasteiger partial charge in [-0.15, -0.1) is 11.8 Å². The van der Waals surface area contributed by atoms with E-state index in [1.54, 1.807) is 24.0 Å². The van der Waals surface area contributed by atoms with Crippen LogP contribution in [0.1, 0.15) is 19.8 Å². The summed E-state index contributed by atoms with van der Waals surface area (Å²) in [5.74, 6) is -0.679. The highest BCUT2D eigenvalue weighted by Gasteiger charge is 2.29. The van der Waals surface area contributed by atoms with Crippen LogP contribution in [0.15, 0.2) is 29.2 Å². The number of benzene rings is 1. The van der Waals surface area contributed by atoms with Gasteiger partial charge in [-0.3, -0.25) is 19.7 Å². The lowest BCUT2D eigenvalue weighted by molar-refractivity contribution is -0.384. The van der Waals surface area contributed by atoms with Gasteiger partial charge in [-0.25, -0.2) is 0 Å². The van der Waals surface area contributed by atoms with Crippen LogP contribution in [0.2, 0.25) is 0 Å². The largest absolute Gasteiger partial charge is 0.369 e. The van der Waals surface area contributed by atoms with Crippen molar-refractivity contribution in [1.82, 2.24) is 4.90 Å². The van der Waals surface area contributed by atoms with Crippen LogP contribution in [0.5, 0.6) is 0 Å². The summed E-state index contributed by atoms with van der Waals surface area (Å²) in [6, 6.07) is 6.11. The van der Waals surface area contributed by atoms with Gasteiger partial charge in [0.15, 0.2) is 0 Å². The molecular formula is C15H19N3O4S. The number of thioether (sulfide) groups is 1. The second-order valence-electron chi connectivity index (χ2n) is 5.54. The van der Waals surface area contributed by atoms with E-state index in [1.807, 2.05) is 0 Å². The Morgan fingerprint density at radius 2 is 2.04 bits per heavy atom. The fraction of sp³-hybridized carbons (Fsp3) is 0.467. The zero-order valence-electron chi connectivity index (χ0n) is 12.8. The Morgan fingerprint density at radius 3 is 2.61 bits per heavy atom. The second kappa shape index (κ2) is 7.45. The zero-order chi connectivity index (χ0) is 17.0. The highest BCUT2D eigenvalue weighted by atomic mass is 32.2. The maximum Gasteiger partial charge on any atom is 0.269 e. The molecule has 2 atom stereocenters. The number of carbonyl (C=O) groups is 2. The van der Waals surface area contributed by atoms with Crippen molar-refractivity contribution in [3.05, 3.63) is 34.4 Å². The summed E-state index contributed by atoms with van der Waals surface area (Å²) in [6.45, 7) is 2.80. The van der Waals surface area contributed by atoms with Crippen LogP contribution in [0, 0.1) is 16.0 Å². The van der Waals surface area contributed by atoms with E-state index in [2.05, 4.69) is 0 Å². The Bertz CT molecular complexity index is 605. The van der Waals surface area contributed by atoms with Crippen molar-refractivity contribution in [3.63, 3.8) is 0 Å². The molecule has 1 heterocycles. The van der Waals surface area contributed by atoms with Crippen LogP contribution in [-0.4, -0.2) is 40.0 Å². The average Bonchev–Trinajstić information content (AvgIpc) is 2.54. The van der Waals surface area contributed by atoms with E-state index in [0.29, 0.717) is 13.1 Å². The molecule has 8 heteroatoms. The number of rotatable bonds is 5. The molecule has 2 rings (SSSR count). The number of nitro benzene ring substituents is 1. The topological polar surface area (TPSA) is 107 Å². The number of non-ortho nitro benzene ring substituents is 1. The average molecular weight is 337 g/mol. The monoisotopic (exact) mass is 337 g/mol. The summed E-state index contributed by atoms with van der Waals surface area (Å²) in [4.78, 5) is 36.4. The van der Waals surface area contributed by atoms with Crippen LogP contribution in [0.25, 0.3) is 0 Å². The number of piperidine rings is 1. The van der Waals surface area contributed by atoms with Crippen LogP contribution < -0.4 is 5.73 Å². The van der Waals surface area contributed by atoms with E-state index in [-0.39, 0.29) is 28.7 Å². The predicted octanol–water partition coefficient (Wildman–Crippen LogP) is 1.80. The number of primary amides is 1. The molecule has 7 nitrogen and oxygen atoms in total. The molecule has 2 amide bonds. The Morgan fingerprint density at radius 1 is 1.39 bits per heavy atom. The molecule has 1 aliphatic rings. The van der Waals surface area contributed by atoms with E-state index in [1.165, 1.54) is 23.9 Å². The summed E-state index contributed by atoms with van der Waals surface area (Å²) in [6.07, 6.45) is 1.50. The zero-order valence-corrected chi connectivity index (χ0v) is 13.6. The maximum absolute atomic E-state index is 12.5. The SMILES string of the molecule is CC(Sc1ccc([N+](=O)[O-])cc1)C(=O)N1CCCC(C(N)=O)C1. The molecular weight excluding hydrogens is 318 g/mol. The van der Waals surface area contributed by atoms with Gasteiger partial charge < -0.3 is 10.6 Å². The van der Waals surface area contributed by atoms with Gasteiger partial charge in [0.05, 0.1) is 16.1 Å². The van der Waals surface area contributed by atoms with Crippen molar-refractivity contribution in [2.24, 2.45) is 11.7 Å². The summed E-state index contributed by atoms with van der Waals surface area (Å²) >= 11 is 1.35. The Balaban J connectivity index is 1.96. The summed E-state index contributed by atoms with van der Waals surface area (Å²) in [5.41, 5.74) is 5.35. The van der Waals surface area contributed by atoms with Gasteiger partial charge in [0.2, 0.25) is 11.8 Å². The first kappa shape index (κ1) is 17.3. The minimum atomic E-state index is -0.458. The third-order valence-corrected chi connectivity index (χ3v) is 4.94. The second-order valence-corrected chi connectivity index (χ2v) is 6.95. The third kappa shape index (κ3) is 4.44. The smallest absolute Gasteiger partial charge is 0.269 e. The number of nitrogens with zero attached hydrogens (tertiary/aromatic N) is 2. The van der Waals surface area contributed by atoms with E-state index in [0.717, 1.165) is 17.7 Å². The Kier molecular flexibility index (Phi) is 5.59. The van der Waals surface area contributed by atoms with Crippen LogP contribution >= 0.6 is 11.8 Å². The van der Waals surface area contributed by atoms with Crippen molar-refractivity contribution in [3.8, 4) is 0 Å². The molecule has 0 bridgehead atoms. The van der Waals surface area contributed by atoms with Gasteiger partial charge >= 0.3 is 0 Å². The van der Waals surface area contributed by atoms with Crippen LogP contribution in [0.3, 0.4) is 0 Å². The third-order valence-electron chi connectivity index (χ3n) is 3.84. The van der Waals surface area contributed by atoms with Gasteiger partial charge in [-0.1, -0.05) is 0 Å². The fourth-order valence-electron chi connectivity index (χ4n) is 2.57. The maximum atomic E-state index is 12.5. The quantitative estimate of drug-likeness (QED) is 0.501. The minimum absolute atomic E-state index is 0.0219. The van der Waals surface area contributed by atoms with Crippen LogP contribution in [-0.2, 0) is 9.59 Å². The van der Waals surface area contributed by atoms with Gasteiger partial charge in [0, 0.05) is 30.1 Å². The first-order valence-corrected chi connectivity index (χ1v) is 8.25. The van der Waals surface area contributed by atoms with E-state index in [9.17, 15) is 19.7 Å². The molecule has 2 unspecified atom stereocenters. The lowest BCUT2D eigenvalue weighted by atomic mass is 9.97. The molecule has 0 saturated carbocycles. The van der Waals surface area contributed by atoms with Crippen molar-refractivity contribution in [1.29, 1.82) is 0 Å². The summed E-state index contributed by atoms with van der Waals surface area (Å²) in [5, 5.41) is 10.3. The lowest BCUT2D eigenvalue weighted by Crippen LogP contribution is -2.46. The van der Waals surface area contributed by atoms with E-state index < -0.39 is 4.92 Å². The lowest BCUT2D eigenvalue weighted by Gasteiger charge is -2.32. The first-order chi connectivity index (χ1) is 10.9. The fourth-order valence-corrected chi connectivity index (χ4v) is 3.52. The number of nitro groups is 1. The molecule has 1 aliphatic heterocycles. The van der Waals surface area contributed by atoms with Crippen molar-refractivity contribution >= 4 is 29.3 Å². The number of likely N-dealkylation sites (tertiary alicyclic amines) is 1. The van der Waals surface area contributed by atoms with Crippen molar-refractivity contribution < 1.29 is 14.5 Å². The molecule has 124 valence electrons. The van der Waals surface area contributed by atoms with Gasteiger partial charge in [0.25, 0.3) is 5.69 Å². The number of amides is 2. The van der Waals surface area contributed by atoms with E-state index in [4.69, 9.17) is 5.73 Å². The standard InChI is InChI=1S/C15H19N3O4S/c1-10(23-13-6-4-12(5-7-13)18(21)22)15(20)17-8-2-3-11(9-17)14(16)19/h4-7,10-11H,2-3,8-9H2,1H3,(H2,16,19). The molecule has 2 N–H and O–H groups in total. The number of carbonyl (C=O) groups excluding carboxylic acids is 2. The van der Waals surface area contributed by atoms with Crippen molar-refractivity contribution in [2.75, 3.05) is 13.1 Å². The molecule has 0 aromatic heterocycles. The van der Waals surface area contributed by atoms with Crippen molar-refractivity contribution in [2.45, 2.75) is 29.9 Å². The summed E-state index contributed by atoms with van der Waals surface area (Å²) < 4.78 is 0. The normalized spacial score (nSPS) is 19.2. The molecule has 0 radical (unpaired) electrons. The highest BCUT2D eigenvalue weighted by molar-refractivity contribution is 8.00. The number of nitrogens with two attached hydrogens (primary N) is 1. The first-order valence-electron chi connectivity index (χ1n) is 7.37. The highest BCUT2D eigenvalue weighted by Crippen LogP contribution is 2.27. The Hall–Kier alpha value is -2.09. The molecule has 0 spiro atoms. The number of hydrogen-bond donors (Lipinski definition) is 1. The molecule has 1 fully saturated rings. The predicted molar refractivity (Wildman–Crippen MR) is 86.9 cm³/mol. The van der Waals surface area contributed by atoms with Gasteiger partial charge in [0.1, 0.15) is 0 Å². The molecule has 1 aromatic rings. The van der Waals surface area contributed by atoms with Crippen LogP contribution in [0.4, 0.5) is 5.69 Å². The molecule has 23 heavy (non-hydrogen) atoms. The van der Waals surface area contributed by atoms with Gasteiger partial charge in [-0.05, 0) is 31.9 Å². The number of hydrogen-bond acceptors (Lipinski definition) is 5. The Labute approximate surface area is 138 Å². The van der Waals surface area contributed by atoms with E-state index >= 15 is 0 Å². The van der Waals surface area contributed by atoms with Gasteiger partial charge in [-0.2, -0.15) is 0 Å². The molecule has 1 saturated heterocycles.